The van der Waals surface area contributed by atoms with E-state index in [0.29, 0.717) is 5.70 Å². The Labute approximate surface area is 155 Å². The summed E-state index contributed by atoms with van der Waals surface area (Å²) in [5.74, 6) is 6.04. The number of unbranched alkanes of at least 4 members (excludes halogenated alkanes) is 1. The molecule has 2 rings (SSSR count). The van der Waals surface area contributed by atoms with Crippen molar-refractivity contribution in [3.63, 3.8) is 0 Å². The molecular weight excluding hydrogens is 325 g/mol. The Balaban J connectivity index is 2.35. The van der Waals surface area contributed by atoms with E-state index in [4.69, 9.17) is 0 Å². The summed E-state index contributed by atoms with van der Waals surface area (Å²) in [6.07, 6.45) is 9.89. The van der Waals surface area contributed by atoms with E-state index in [2.05, 4.69) is 34.9 Å². The molecule has 1 aromatic heterocycles. The van der Waals surface area contributed by atoms with Crippen molar-refractivity contribution < 1.29 is 4.39 Å². The number of aryl methyl sites for hydroxylation is 1. The molecule has 3 nitrogen and oxygen atoms in total. The average Bonchev–Trinajstić information content (AvgIpc) is 2.91. The lowest BCUT2D eigenvalue weighted by Gasteiger charge is -2.03. The summed E-state index contributed by atoms with van der Waals surface area (Å²) in [7, 11) is 0. The highest BCUT2D eigenvalue weighted by atomic mass is 19.1. The Morgan fingerprint density at radius 3 is 2.65 bits per heavy atom. The molecule has 0 N–H and O–H groups in total. The maximum atomic E-state index is 13.1. The number of benzene rings is 1. The van der Waals surface area contributed by atoms with Crippen molar-refractivity contribution in [3.8, 4) is 17.5 Å². The minimum atomic E-state index is -0.265. The van der Waals surface area contributed by atoms with E-state index in [1.165, 1.54) is 12.1 Å². The van der Waals surface area contributed by atoms with Crippen LogP contribution in [0.4, 0.5) is 4.39 Å². The fraction of sp³-hybridized carbons (Fsp3) is 0.273. The quantitative estimate of drug-likeness (QED) is 0.409. The minimum Gasteiger partial charge on any atom is -0.252 e. The summed E-state index contributed by atoms with van der Waals surface area (Å²) < 4.78 is 14.9. The van der Waals surface area contributed by atoms with E-state index >= 15 is 0 Å². The minimum absolute atomic E-state index is 0.265. The van der Waals surface area contributed by atoms with Gasteiger partial charge >= 0.3 is 0 Å². The van der Waals surface area contributed by atoms with Crippen LogP contribution in [0.1, 0.15) is 43.6 Å². The SMILES string of the molecule is CC=N/C(C#Cc1c(C)nn(-c2ccc(F)cc2)c1C)=C\C=C/CCC. The average molecular weight is 349 g/mol. The van der Waals surface area contributed by atoms with E-state index in [1.807, 2.05) is 32.9 Å². The zero-order chi connectivity index (χ0) is 18.9. The predicted octanol–water partition coefficient (Wildman–Crippen LogP) is 5.31. The van der Waals surface area contributed by atoms with Crippen molar-refractivity contribution in [1.29, 1.82) is 0 Å². The predicted molar refractivity (Wildman–Crippen MR) is 106 cm³/mol. The molecule has 0 saturated carbocycles. The molecule has 134 valence electrons. The number of aromatic nitrogens is 2. The topological polar surface area (TPSA) is 30.2 Å². The van der Waals surface area contributed by atoms with Gasteiger partial charge in [-0.05, 0) is 63.5 Å². The number of hydrogen-bond acceptors (Lipinski definition) is 2. The molecule has 0 fully saturated rings. The Morgan fingerprint density at radius 1 is 1.27 bits per heavy atom. The van der Waals surface area contributed by atoms with Crippen molar-refractivity contribution in [2.24, 2.45) is 4.99 Å². The summed E-state index contributed by atoms with van der Waals surface area (Å²) in [5, 5.41) is 4.54. The summed E-state index contributed by atoms with van der Waals surface area (Å²) >= 11 is 0. The first-order valence-electron chi connectivity index (χ1n) is 8.76. The second kappa shape index (κ2) is 9.53. The molecule has 0 atom stereocenters. The molecule has 0 amide bonds. The molecule has 0 spiro atoms. The van der Waals surface area contributed by atoms with Crippen molar-refractivity contribution in [2.45, 2.75) is 40.5 Å². The number of hydrogen-bond donors (Lipinski definition) is 0. The van der Waals surface area contributed by atoms with E-state index in [9.17, 15) is 4.39 Å². The molecule has 0 saturated heterocycles. The Kier molecular flexibility index (Phi) is 7.11. The maximum Gasteiger partial charge on any atom is 0.123 e. The first-order chi connectivity index (χ1) is 12.6. The number of halogens is 1. The van der Waals surface area contributed by atoms with Gasteiger partial charge in [-0.15, -0.1) is 0 Å². The van der Waals surface area contributed by atoms with Gasteiger partial charge in [0.15, 0.2) is 0 Å². The van der Waals surface area contributed by atoms with Crippen LogP contribution in [0, 0.1) is 31.5 Å². The van der Waals surface area contributed by atoms with Gasteiger partial charge in [-0.1, -0.05) is 31.4 Å². The summed E-state index contributed by atoms with van der Waals surface area (Å²) in [6, 6.07) is 6.27. The van der Waals surface area contributed by atoms with Crippen molar-refractivity contribution in [2.75, 3.05) is 0 Å². The van der Waals surface area contributed by atoms with Gasteiger partial charge in [0, 0.05) is 6.21 Å². The van der Waals surface area contributed by atoms with Crippen molar-refractivity contribution in [3.05, 3.63) is 71.0 Å². The largest absolute Gasteiger partial charge is 0.252 e. The van der Waals surface area contributed by atoms with E-state index in [1.54, 1.807) is 23.0 Å². The van der Waals surface area contributed by atoms with Gasteiger partial charge in [-0.2, -0.15) is 5.10 Å². The highest BCUT2D eigenvalue weighted by molar-refractivity contribution is 5.58. The normalized spacial score (nSPS) is 12.0. The van der Waals surface area contributed by atoms with Gasteiger partial charge in [0.2, 0.25) is 0 Å². The molecule has 0 aliphatic carbocycles. The van der Waals surface area contributed by atoms with Crippen molar-refractivity contribution >= 4 is 6.21 Å². The third kappa shape index (κ3) is 5.03. The van der Waals surface area contributed by atoms with E-state index in [-0.39, 0.29) is 5.82 Å². The maximum absolute atomic E-state index is 13.1. The fourth-order valence-electron chi connectivity index (χ4n) is 2.46. The number of nitrogens with zero attached hydrogens (tertiary/aromatic N) is 3. The van der Waals surface area contributed by atoms with Gasteiger partial charge in [0.1, 0.15) is 11.5 Å². The lowest BCUT2D eigenvalue weighted by atomic mass is 10.2. The van der Waals surface area contributed by atoms with Gasteiger partial charge in [0.25, 0.3) is 0 Å². The van der Waals surface area contributed by atoms with Crippen LogP contribution >= 0.6 is 0 Å². The molecule has 26 heavy (non-hydrogen) atoms. The highest BCUT2D eigenvalue weighted by Gasteiger charge is 2.11. The van der Waals surface area contributed by atoms with E-state index < -0.39 is 0 Å². The van der Waals surface area contributed by atoms with Crippen LogP contribution in [0.15, 0.2) is 53.2 Å². The second-order valence-corrected chi connectivity index (χ2v) is 5.84. The highest BCUT2D eigenvalue weighted by Crippen LogP contribution is 2.17. The number of aliphatic imine (C=N–C) groups is 1. The van der Waals surface area contributed by atoms with Crippen LogP contribution in [0.5, 0.6) is 0 Å². The van der Waals surface area contributed by atoms with Gasteiger partial charge in [-0.25, -0.2) is 9.07 Å². The molecular formula is C22H24FN3. The first-order valence-corrected chi connectivity index (χ1v) is 8.76. The van der Waals surface area contributed by atoms with Gasteiger partial charge < -0.3 is 0 Å². The smallest absolute Gasteiger partial charge is 0.123 e. The van der Waals surface area contributed by atoms with Gasteiger partial charge in [-0.3, -0.25) is 4.99 Å². The third-order valence-corrected chi connectivity index (χ3v) is 3.79. The zero-order valence-corrected chi connectivity index (χ0v) is 15.8. The monoisotopic (exact) mass is 349 g/mol. The lowest BCUT2D eigenvalue weighted by Crippen LogP contribution is -1.99. The molecule has 0 bridgehead atoms. The molecule has 0 unspecified atom stereocenters. The third-order valence-electron chi connectivity index (χ3n) is 3.79. The molecule has 4 heteroatoms. The van der Waals surface area contributed by atoms with Crippen LogP contribution in [0.3, 0.4) is 0 Å². The number of rotatable bonds is 5. The van der Waals surface area contributed by atoms with Crippen LogP contribution in [0.2, 0.25) is 0 Å². The molecule has 0 radical (unpaired) electrons. The second-order valence-electron chi connectivity index (χ2n) is 5.84. The summed E-state index contributed by atoms with van der Waals surface area (Å²) in [6.45, 7) is 7.89. The lowest BCUT2D eigenvalue weighted by molar-refractivity contribution is 0.627. The zero-order valence-electron chi connectivity index (χ0n) is 15.8. The molecule has 0 aliphatic heterocycles. The van der Waals surface area contributed by atoms with Crippen LogP contribution in [0.25, 0.3) is 5.69 Å². The standard InChI is InChI=1S/C22H24FN3/c1-5-7-8-9-10-20(24-6-2)13-16-22-17(3)25-26(18(22)4)21-14-11-19(23)12-15-21/h6,8-12,14-15H,5,7H2,1-4H3/b9-8-,20-10-,24-6?. The Morgan fingerprint density at radius 2 is 2.00 bits per heavy atom. The summed E-state index contributed by atoms with van der Waals surface area (Å²) in [4.78, 5) is 4.31. The van der Waals surface area contributed by atoms with Crippen LogP contribution in [-0.4, -0.2) is 16.0 Å². The van der Waals surface area contributed by atoms with Crippen LogP contribution in [-0.2, 0) is 0 Å². The van der Waals surface area contributed by atoms with E-state index in [0.717, 1.165) is 35.5 Å². The van der Waals surface area contributed by atoms with Crippen LogP contribution < -0.4 is 0 Å². The fourth-order valence-corrected chi connectivity index (χ4v) is 2.46. The molecule has 1 heterocycles. The first kappa shape index (κ1) is 19.4. The molecule has 1 aromatic carbocycles. The Hall–Kier alpha value is -2.93. The molecule has 0 aliphatic rings. The molecule has 2 aromatic rings. The number of allylic oxidation sites excluding steroid dienone is 4. The summed E-state index contributed by atoms with van der Waals surface area (Å²) in [5.41, 5.74) is 4.13. The van der Waals surface area contributed by atoms with Gasteiger partial charge in [0.05, 0.1) is 22.6 Å². The van der Waals surface area contributed by atoms with Crippen molar-refractivity contribution in [1.82, 2.24) is 9.78 Å². The Bertz CT molecular complexity index is 888.